The molecule has 2 heterocycles. The van der Waals surface area contributed by atoms with Crippen molar-refractivity contribution in [1.29, 1.82) is 0 Å². The van der Waals surface area contributed by atoms with Crippen molar-refractivity contribution < 1.29 is 0 Å². The predicted molar refractivity (Wildman–Crippen MR) is 151 cm³/mol. The summed E-state index contributed by atoms with van der Waals surface area (Å²) in [5.41, 5.74) is 4.98. The molecule has 5 aromatic rings. The number of benzene rings is 3. The van der Waals surface area contributed by atoms with Gasteiger partial charge in [-0.25, -0.2) is 4.98 Å². The zero-order valence-electron chi connectivity index (χ0n) is 19.5. The molecule has 2 aromatic heterocycles. The highest BCUT2D eigenvalue weighted by Crippen LogP contribution is 2.26. The van der Waals surface area contributed by atoms with Crippen LogP contribution in [0.2, 0.25) is 0 Å². The Morgan fingerprint density at radius 1 is 0.971 bits per heavy atom. The van der Waals surface area contributed by atoms with Gasteiger partial charge in [0.2, 0.25) is 0 Å². The lowest BCUT2D eigenvalue weighted by Crippen LogP contribution is -2.22. The van der Waals surface area contributed by atoms with Crippen LogP contribution in [0.1, 0.15) is 36.0 Å². The SMILES string of the molecule is CCCc1nc2ccc(Br)cc2c(=O)n1N=Cc1c(C)n(Cc2ccc(Br)cc2)c2ccccc12. The predicted octanol–water partition coefficient (Wildman–Crippen LogP) is 7.07. The summed E-state index contributed by atoms with van der Waals surface area (Å²) in [5, 5.41) is 6.35. The molecule has 0 bridgehead atoms. The number of halogens is 2. The van der Waals surface area contributed by atoms with E-state index in [1.807, 2.05) is 30.5 Å². The van der Waals surface area contributed by atoms with Crippen molar-refractivity contribution in [3.8, 4) is 0 Å². The molecule has 0 radical (unpaired) electrons. The zero-order valence-corrected chi connectivity index (χ0v) is 22.7. The third kappa shape index (κ3) is 4.62. The number of aryl methyl sites for hydroxylation is 1. The topological polar surface area (TPSA) is 52.2 Å². The minimum absolute atomic E-state index is 0.160. The van der Waals surface area contributed by atoms with Crippen molar-refractivity contribution >= 4 is 59.9 Å². The van der Waals surface area contributed by atoms with Crippen molar-refractivity contribution in [1.82, 2.24) is 14.2 Å². The van der Waals surface area contributed by atoms with Crippen LogP contribution in [0.25, 0.3) is 21.8 Å². The van der Waals surface area contributed by atoms with Crippen LogP contribution in [0.4, 0.5) is 0 Å². The molecule has 5 nitrogen and oxygen atoms in total. The molecule has 0 saturated carbocycles. The van der Waals surface area contributed by atoms with Crippen molar-refractivity contribution in [3.05, 3.63) is 109 Å². The van der Waals surface area contributed by atoms with E-state index in [4.69, 9.17) is 10.1 Å². The molecule has 5 rings (SSSR count). The minimum atomic E-state index is -0.160. The molecule has 0 N–H and O–H groups in total. The molecular weight excluding hydrogens is 568 g/mol. The number of fused-ring (bicyclic) bond motifs is 2. The quantitative estimate of drug-likeness (QED) is 0.198. The second-order valence-electron chi connectivity index (χ2n) is 8.53. The number of rotatable bonds is 6. The molecule has 0 saturated heterocycles. The third-order valence-electron chi connectivity index (χ3n) is 6.18. The van der Waals surface area contributed by atoms with E-state index in [0.717, 1.165) is 44.1 Å². The summed E-state index contributed by atoms with van der Waals surface area (Å²) < 4.78 is 5.66. The Bertz CT molecular complexity index is 1630. The molecule has 3 aromatic carbocycles. The fourth-order valence-corrected chi connectivity index (χ4v) is 5.04. The summed E-state index contributed by atoms with van der Waals surface area (Å²) in [6, 6.07) is 22.3. The van der Waals surface area contributed by atoms with Crippen LogP contribution >= 0.6 is 31.9 Å². The lowest BCUT2D eigenvalue weighted by Gasteiger charge is -2.09. The molecule has 0 aliphatic carbocycles. The smallest absolute Gasteiger partial charge is 0.282 e. The van der Waals surface area contributed by atoms with Gasteiger partial charge in [-0.2, -0.15) is 9.78 Å². The lowest BCUT2D eigenvalue weighted by atomic mass is 10.1. The fraction of sp³-hybridized carbons (Fsp3) is 0.179. The van der Waals surface area contributed by atoms with Gasteiger partial charge in [-0.05, 0) is 55.3 Å². The standard InChI is InChI=1S/C28H24Br2N4O/c1-3-6-27-32-25-14-13-21(30)15-23(25)28(35)34(27)31-16-24-18(2)33(26-8-5-4-7-22(24)26)17-19-9-11-20(29)12-10-19/h4-5,7-16H,3,6,17H2,1-2H3. The summed E-state index contributed by atoms with van der Waals surface area (Å²) in [6.45, 7) is 4.93. The monoisotopic (exact) mass is 590 g/mol. The number of nitrogens with zero attached hydrogens (tertiary/aromatic N) is 4. The Labute approximate surface area is 220 Å². The molecule has 35 heavy (non-hydrogen) atoms. The Balaban J connectivity index is 1.64. The third-order valence-corrected chi connectivity index (χ3v) is 7.21. The van der Waals surface area contributed by atoms with Crippen molar-refractivity contribution in [2.45, 2.75) is 33.2 Å². The van der Waals surface area contributed by atoms with E-state index < -0.39 is 0 Å². The fourth-order valence-electron chi connectivity index (χ4n) is 4.41. The van der Waals surface area contributed by atoms with Gasteiger partial charge in [0.05, 0.1) is 17.1 Å². The highest BCUT2D eigenvalue weighted by Gasteiger charge is 2.14. The summed E-state index contributed by atoms with van der Waals surface area (Å²) in [6.07, 6.45) is 3.35. The summed E-state index contributed by atoms with van der Waals surface area (Å²) >= 11 is 6.98. The van der Waals surface area contributed by atoms with Gasteiger partial charge in [-0.15, -0.1) is 0 Å². The average Bonchev–Trinajstić information content (AvgIpc) is 3.12. The maximum Gasteiger partial charge on any atom is 0.282 e. The first-order valence-corrected chi connectivity index (χ1v) is 13.1. The van der Waals surface area contributed by atoms with Crippen LogP contribution in [0.15, 0.2) is 85.6 Å². The second-order valence-corrected chi connectivity index (χ2v) is 10.4. The molecule has 0 amide bonds. The van der Waals surface area contributed by atoms with E-state index in [1.54, 1.807) is 0 Å². The maximum absolute atomic E-state index is 13.4. The molecule has 0 fully saturated rings. The molecule has 0 spiro atoms. The van der Waals surface area contributed by atoms with E-state index in [-0.39, 0.29) is 5.56 Å². The van der Waals surface area contributed by atoms with Gasteiger partial charge in [0.25, 0.3) is 5.56 Å². The Hall–Kier alpha value is -3.03. The van der Waals surface area contributed by atoms with Gasteiger partial charge >= 0.3 is 0 Å². The number of para-hydroxylation sites is 1. The van der Waals surface area contributed by atoms with Gasteiger partial charge in [-0.1, -0.05) is 69.1 Å². The number of hydrogen-bond donors (Lipinski definition) is 0. The van der Waals surface area contributed by atoms with Gasteiger partial charge in [-0.3, -0.25) is 4.79 Å². The van der Waals surface area contributed by atoms with E-state index in [2.05, 4.69) is 92.7 Å². The molecule has 0 atom stereocenters. The average molecular weight is 592 g/mol. The first-order chi connectivity index (χ1) is 17.0. The summed E-state index contributed by atoms with van der Waals surface area (Å²) in [7, 11) is 0. The van der Waals surface area contributed by atoms with Crippen LogP contribution in [-0.4, -0.2) is 20.4 Å². The van der Waals surface area contributed by atoms with Crippen molar-refractivity contribution in [2.24, 2.45) is 5.10 Å². The van der Waals surface area contributed by atoms with Crippen LogP contribution in [0.5, 0.6) is 0 Å². The van der Waals surface area contributed by atoms with E-state index >= 15 is 0 Å². The minimum Gasteiger partial charge on any atom is -0.340 e. The highest BCUT2D eigenvalue weighted by molar-refractivity contribution is 9.10. The van der Waals surface area contributed by atoms with E-state index in [0.29, 0.717) is 23.1 Å². The first kappa shape index (κ1) is 23.7. The maximum atomic E-state index is 13.4. The van der Waals surface area contributed by atoms with Gasteiger partial charge in [0.15, 0.2) is 0 Å². The van der Waals surface area contributed by atoms with Crippen LogP contribution < -0.4 is 5.56 Å². The lowest BCUT2D eigenvalue weighted by molar-refractivity contribution is 0.703. The second kappa shape index (κ2) is 9.91. The van der Waals surface area contributed by atoms with Crippen molar-refractivity contribution in [3.63, 3.8) is 0 Å². The van der Waals surface area contributed by atoms with Crippen LogP contribution in [0, 0.1) is 6.92 Å². The van der Waals surface area contributed by atoms with E-state index in [9.17, 15) is 4.79 Å². The number of hydrogen-bond acceptors (Lipinski definition) is 3. The summed E-state index contributed by atoms with van der Waals surface area (Å²) in [5.74, 6) is 0.667. The molecule has 176 valence electrons. The van der Waals surface area contributed by atoms with Gasteiger partial charge in [0, 0.05) is 44.1 Å². The summed E-state index contributed by atoms with van der Waals surface area (Å²) in [4.78, 5) is 18.2. The molecule has 7 heteroatoms. The Kier molecular flexibility index (Phi) is 6.71. The molecular formula is C28H24Br2N4O. The highest BCUT2D eigenvalue weighted by atomic mass is 79.9. The molecule has 0 unspecified atom stereocenters. The normalized spacial score (nSPS) is 11.8. The van der Waals surface area contributed by atoms with Crippen LogP contribution in [0.3, 0.4) is 0 Å². The van der Waals surface area contributed by atoms with Gasteiger partial charge < -0.3 is 4.57 Å². The van der Waals surface area contributed by atoms with Crippen LogP contribution in [-0.2, 0) is 13.0 Å². The first-order valence-electron chi connectivity index (χ1n) is 11.5. The zero-order chi connectivity index (χ0) is 24.5. The molecule has 0 aliphatic heterocycles. The van der Waals surface area contributed by atoms with E-state index in [1.165, 1.54) is 10.2 Å². The van der Waals surface area contributed by atoms with Crippen molar-refractivity contribution in [2.75, 3.05) is 0 Å². The Morgan fingerprint density at radius 2 is 1.71 bits per heavy atom. The number of aromatic nitrogens is 3. The molecule has 0 aliphatic rings. The largest absolute Gasteiger partial charge is 0.340 e. The van der Waals surface area contributed by atoms with Gasteiger partial charge in [0.1, 0.15) is 5.82 Å². The Morgan fingerprint density at radius 3 is 2.49 bits per heavy atom.